The number of hydrogen-bond acceptors (Lipinski definition) is 1. The fourth-order valence-electron chi connectivity index (χ4n) is 1.73. The van der Waals surface area contributed by atoms with Crippen LogP contribution in [0.4, 0.5) is 0 Å². The first-order valence-corrected chi connectivity index (χ1v) is 7.05. The number of piperidine rings is 1. The Morgan fingerprint density at radius 2 is 1.82 bits per heavy atom. The molecule has 64 valence electrons. The molecule has 0 aromatic rings. The van der Waals surface area contributed by atoms with Crippen LogP contribution in [0.3, 0.4) is 0 Å². The van der Waals surface area contributed by atoms with E-state index in [1.807, 2.05) is 0 Å². The molecule has 1 aliphatic rings. The second-order valence-corrected chi connectivity index (χ2v) is 5.96. The van der Waals surface area contributed by atoms with Crippen LogP contribution in [0, 0.1) is 0 Å². The third-order valence-electron chi connectivity index (χ3n) is 2.44. The van der Waals surface area contributed by atoms with E-state index in [-0.39, 0.29) is 0 Å². The summed E-state index contributed by atoms with van der Waals surface area (Å²) in [7, 11) is -0.631. The van der Waals surface area contributed by atoms with Crippen molar-refractivity contribution in [2.24, 2.45) is 0 Å². The van der Waals surface area contributed by atoms with E-state index in [2.05, 4.69) is 29.8 Å². The summed E-state index contributed by atoms with van der Waals surface area (Å²) in [5, 5.41) is 0. The Balaban J connectivity index is 2.32. The maximum absolute atomic E-state index is 2.70. The Kier molecular flexibility index (Phi) is 3.87. The molecule has 1 heterocycles. The Hall–Kier alpha value is -0.0831. The molecule has 0 aromatic heterocycles. The predicted octanol–water partition coefficient (Wildman–Crippen LogP) is 1.94. The molecule has 0 N–H and O–H groups in total. The molecular formula is C9H19NSi. The van der Waals surface area contributed by atoms with Gasteiger partial charge in [-0.15, -0.1) is 0 Å². The van der Waals surface area contributed by atoms with Gasteiger partial charge in [0.15, 0.2) is 0 Å². The smallest absolute Gasteiger partial charge is 0.132 e. The number of nitrogens with zero attached hydrogens (tertiary/aromatic N) is 1. The zero-order chi connectivity index (χ0) is 8.10. The van der Waals surface area contributed by atoms with Crippen LogP contribution in [0.1, 0.15) is 26.2 Å². The van der Waals surface area contributed by atoms with Crippen molar-refractivity contribution in [2.45, 2.75) is 32.7 Å². The highest BCUT2D eigenvalue weighted by molar-refractivity contribution is 6.59. The molecule has 1 fully saturated rings. The monoisotopic (exact) mass is 169 g/mol. The molecule has 0 radical (unpaired) electrons. The lowest BCUT2D eigenvalue weighted by molar-refractivity contribution is 0.356. The van der Waals surface area contributed by atoms with Crippen LogP contribution in [0.25, 0.3) is 0 Å². The summed E-state index contributed by atoms with van der Waals surface area (Å²) in [4.78, 5) is 0. The minimum atomic E-state index is -0.631. The molecule has 1 aliphatic heterocycles. The SMILES string of the molecule is CC=C[SiH](C)N1CCCCC1. The molecule has 0 aromatic carbocycles. The van der Waals surface area contributed by atoms with Crippen LogP contribution >= 0.6 is 0 Å². The van der Waals surface area contributed by atoms with Crippen molar-refractivity contribution < 1.29 is 0 Å². The molecule has 0 spiro atoms. The van der Waals surface area contributed by atoms with Crippen LogP contribution in [-0.4, -0.2) is 26.6 Å². The minimum absolute atomic E-state index is 0.631. The van der Waals surface area contributed by atoms with E-state index in [1.165, 1.54) is 32.4 Å². The lowest BCUT2D eigenvalue weighted by Gasteiger charge is -2.29. The molecule has 0 saturated carbocycles. The predicted molar refractivity (Wildman–Crippen MR) is 53.3 cm³/mol. The second-order valence-electron chi connectivity index (χ2n) is 3.36. The zero-order valence-corrected chi connectivity index (χ0v) is 8.87. The van der Waals surface area contributed by atoms with Gasteiger partial charge in [-0.25, -0.2) is 0 Å². The largest absolute Gasteiger partial charge is 0.323 e. The van der Waals surface area contributed by atoms with Crippen LogP contribution in [0.5, 0.6) is 0 Å². The van der Waals surface area contributed by atoms with Gasteiger partial charge in [-0.05, 0) is 32.9 Å². The highest BCUT2D eigenvalue weighted by Gasteiger charge is 2.14. The summed E-state index contributed by atoms with van der Waals surface area (Å²) in [5.74, 6) is 0. The van der Waals surface area contributed by atoms with Crippen molar-refractivity contribution in [3.63, 3.8) is 0 Å². The fraction of sp³-hybridized carbons (Fsp3) is 0.778. The Morgan fingerprint density at radius 1 is 1.18 bits per heavy atom. The van der Waals surface area contributed by atoms with Gasteiger partial charge in [0.05, 0.1) is 0 Å². The van der Waals surface area contributed by atoms with Crippen molar-refractivity contribution in [3.8, 4) is 0 Å². The van der Waals surface area contributed by atoms with E-state index in [9.17, 15) is 0 Å². The molecule has 0 bridgehead atoms. The second kappa shape index (κ2) is 4.73. The third-order valence-corrected chi connectivity index (χ3v) is 5.05. The molecule has 2 heteroatoms. The number of hydrogen-bond donors (Lipinski definition) is 0. The molecule has 1 atom stereocenters. The van der Waals surface area contributed by atoms with Gasteiger partial charge in [0.1, 0.15) is 8.96 Å². The molecule has 1 nitrogen and oxygen atoms in total. The van der Waals surface area contributed by atoms with Gasteiger partial charge in [0, 0.05) is 0 Å². The van der Waals surface area contributed by atoms with E-state index in [0.29, 0.717) is 0 Å². The summed E-state index contributed by atoms with van der Waals surface area (Å²) < 4.78 is 2.70. The van der Waals surface area contributed by atoms with Crippen LogP contribution < -0.4 is 0 Å². The average molecular weight is 169 g/mol. The summed E-state index contributed by atoms with van der Waals surface area (Å²) >= 11 is 0. The van der Waals surface area contributed by atoms with Crippen molar-refractivity contribution in [3.05, 3.63) is 11.8 Å². The molecule has 0 aliphatic carbocycles. The topological polar surface area (TPSA) is 3.24 Å². The van der Waals surface area contributed by atoms with Crippen LogP contribution in [-0.2, 0) is 0 Å². The first-order chi connectivity index (χ1) is 5.34. The van der Waals surface area contributed by atoms with Gasteiger partial charge >= 0.3 is 0 Å². The third kappa shape index (κ3) is 2.79. The molecular weight excluding hydrogens is 150 g/mol. The Labute approximate surface area is 71.8 Å². The maximum atomic E-state index is 2.70. The van der Waals surface area contributed by atoms with Gasteiger partial charge < -0.3 is 4.57 Å². The van der Waals surface area contributed by atoms with Gasteiger partial charge in [-0.3, -0.25) is 0 Å². The molecule has 1 saturated heterocycles. The van der Waals surface area contributed by atoms with Crippen LogP contribution in [0.2, 0.25) is 6.55 Å². The summed E-state index contributed by atoms with van der Waals surface area (Å²) in [5.41, 5.74) is 2.42. The molecule has 11 heavy (non-hydrogen) atoms. The van der Waals surface area contributed by atoms with E-state index in [4.69, 9.17) is 0 Å². The molecule has 1 unspecified atom stereocenters. The standard InChI is InChI=1S/C9H19NSi/c1-3-9-11(2)10-7-5-4-6-8-10/h3,9,11H,4-8H2,1-2H3. The molecule has 1 rings (SSSR count). The Bertz CT molecular complexity index is 128. The average Bonchev–Trinajstić information content (AvgIpc) is 2.07. The summed E-state index contributed by atoms with van der Waals surface area (Å²) in [6.07, 6.45) is 6.52. The van der Waals surface area contributed by atoms with Crippen molar-refractivity contribution in [2.75, 3.05) is 13.1 Å². The summed E-state index contributed by atoms with van der Waals surface area (Å²) in [6.45, 7) is 7.27. The first-order valence-electron chi connectivity index (χ1n) is 4.71. The van der Waals surface area contributed by atoms with E-state index in [0.717, 1.165) is 0 Å². The Morgan fingerprint density at radius 3 is 2.36 bits per heavy atom. The van der Waals surface area contributed by atoms with E-state index < -0.39 is 8.96 Å². The van der Waals surface area contributed by atoms with Crippen molar-refractivity contribution in [1.29, 1.82) is 0 Å². The van der Waals surface area contributed by atoms with Gasteiger partial charge in [-0.1, -0.05) is 24.7 Å². The number of allylic oxidation sites excluding steroid dienone is 1. The summed E-state index contributed by atoms with van der Waals surface area (Å²) in [6, 6.07) is 0. The highest BCUT2D eigenvalue weighted by Crippen LogP contribution is 2.10. The first kappa shape index (κ1) is 9.01. The highest BCUT2D eigenvalue weighted by atomic mass is 28.3. The van der Waals surface area contributed by atoms with Gasteiger partial charge in [0.25, 0.3) is 0 Å². The van der Waals surface area contributed by atoms with Crippen molar-refractivity contribution in [1.82, 2.24) is 4.57 Å². The van der Waals surface area contributed by atoms with Gasteiger partial charge in [0.2, 0.25) is 0 Å². The quantitative estimate of drug-likeness (QED) is 0.571. The lowest BCUT2D eigenvalue weighted by Crippen LogP contribution is -2.39. The van der Waals surface area contributed by atoms with E-state index >= 15 is 0 Å². The lowest BCUT2D eigenvalue weighted by atomic mass is 10.2. The zero-order valence-electron chi connectivity index (χ0n) is 7.71. The number of rotatable bonds is 2. The molecule has 0 amide bonds. The minimum Gasteiger partial charge on any atom is -0.323 e. The van der Waals surface area contributed by atoms with Crippen LogP contribution in [0.15, 0.2) is 11.8 Å². The fourth-order valence-corrected chi connectivity index (χ4v) is 3.71. The van der Waals surface area contributed by atoms with E-state index in [1.54, 1.807) is 0 Å². The normalized spacial score (nSPS) is 24.2. The van der Waals surface area contributed by atoms with Gasteiger partial charge in [-0.2, -0.15) is 0 Å². The van der Waals surface area contributed by atoms with Crippen molar-refractivity contribution >= 4 is 8.96 Å². The maximum Gasteiger partial charge on any atom is 0.132 e.